The zero-order chi connectivity index (χ0) is 12.2. The van der Waals surface area contributed by atoms with Crippen LogP contribution in [0.25, 0.3) is 6.08 Å². The van der Waals surface area contributed by atoms with Gasteiger partial charge in [0.05, 0.1) is 0 Å². The first-order valence-electron chi connectivity index (χ1n) is 4.51. The Morgan fingerprint density at radius 1 is 1.25 bits per heavy atom. The monoisotopic (exact) mass is 229 g/mol. The van der Waals surface area contributed by atoms with E-state index in [0.29, 0.717) is 0 Å². The van der Waals surface area contributed by atoms with E-state index in [9.17, 15) is 18.0 Å². The molecular formula is C11H10F3NO. The molecule has 0 aliphatic rings. The molecule has 0 spiro atoms. The van der Waals surface area contributed by atoms with Gasteiger partial charge in [-0.05, 0) is 18.6 Å². The lowest BCUT2D eigenvalue weighted by Crippen LogP contribution is -2.35. The van der Waals surface area contributed by atoms with E-state index < -0.39 is 12.1 Å². The number of amides is 1. The highest BCUT2D eigenvalue weighted by molar-refractivity contribution is 5.84. The van der Waals surface area contributed by atoms with Crippen LogP contribution in [0.2, 0.25) is 0 Å². The van der Waals surface area contributed by atoms with Crippen LogP contribution in [0.3, 0.4) is 0 Å². The van der Waals surface area contributed by atoms with Gasteiger partial charge in [-0.15, -0.1) is 0 Å². The van der Waals surface area contributed by atoms with Crippen LogP contribution in [0.1, 0.15) is 12.5 Å². The molecular weight excluding hydrogens is 219 g/mol. The Labute approximate surface area is 90.8 Å². The van der Waals surface area contributed by atoms with Crippen molar-refractivity contribution >= 4 is 12.0 Å². The third-order valence-corrected chi connectivity index (χ3v) is 1.75. The molecule has 0 aliphatic carbocycles. The second kappa shape index (κ2) is 4.83. The molecule has 0 fully saturated rings. The molecule has 0 unspecified atom stereocenters. The van der Waals surface area contributed by atoms with Gasteiger partial charge in [-0.25, -0.2) is 0 Å². The van der Waals surface area contributed by atoms with E-state index in [2.05, 4.69) is 0 Å². The third-order valence-electron chi connectivity index (χ3n) is 1.75. The maximum absolute atomic E-state index is 11.9. The minimum absolute atomic E-state index is 0.147. The van der Waals surface area contributed by atoms with Crippen LogP contribution in [-0.2, 0) is 4.79 Å². The van der Waals surface area contributed by atoms with Crippen molar-refractivity contribution in [3.63, 3.8) is 0 Å². The van der Waals surface area contributed by atoms with Crippen molar-refractivity contribution in [1.82, 2.24) is 5.32 Å². The van der Waals surface area contributed by atoms with Gasteiger partial charge in [0.15, 0.2) is 0 Å². The summed E-state index contributed by atoms with van der Waals surface area (Å²) >= 11 is 0. The van der Waals surface area contributed by atoms with Gasteiger partial charge in [0.1, 0.15) is 0 Å². The number of rotatable bonds is 2. The summed E-state index contributed by atoms with van der Waals surface area (Å²) in [7, 11) is 0. The van der Waals surface area contributed by atoms with Crippen LogP contribution in [0.15, 0.2) is 36.0 Å². The molecule has 0 aromatic heterocycles. The first kappa shape index (κ1) is 12.3. The molecule has 0 heterocycles. The SMILES string of the molecule is C/C(=C\c1ccccc1)NC(=O)C(F)(F)F. The standard InChI is InChI=1S/C11H10F3NO/c1-8(15-10(16)11(12,13)14)7-9-5-3-2-4-6-9/h2-7H,1H3,(H,15,16)/b8-7+. The van der Waals surface area contributed by atoms with Gasteiger partial charge in [0, 0.05) is 5.70 Å². The fourth-order valence-corrected chi connectivity index (χ4v) is 1.09. The summed E-state index contributed by atoms with van der Waals surface area (Å²) in [5, 5.41) is 1.77. The lowest BCUT2D eigenvalue weighted by molar-refractivity contribution is -0.172. The average Bonchev–Trinajstić information content (AvgIpc) is 2.17. The molecule has 0 saturated heterocycles. The highest BCUT2D eigenvalue weighted by Gasteiger charge is 2.38. The highest BCUT2D eigenvalue weighted by atomic mass is 19.4. The maximum Gasteiger partial charge on any atom is 0.471 e. The Kier molecular flexibility index (Phi) is 3.71. The lowest BCUT2D eigenvalue weighted by Gasteiger charge is -2.07. The molecule has 0 atom stereocenters. The number of halogens is 3. The van der Waals surface area contributed by atoms with Gasteiger partial charge in [-0.3, -0.25) is 4.79 Å². The maximum atomic E-state index is 11.9. The fraction of sp³-hybridized carbons (Fsp3) is 0.182. The van der Waals surface area contributed by atoms with Crippen molar-refractivity contribution in [2.45, 2.75) is 13.1 Å². The number of nitrogens with one attached hydrogen (secondary N) is 1. The number of benzene rings is 1. The molecule has 1 N–H and O–H groups in total. The Morgan fingerprint density at radius 3 is 2.31 bits per heavy atom. The largest absolute Gasteiger partial charge is 0.471 e. The first-order chi connectivity index (χ1) is 7.39. The number of carbonyl (C=O) groups is 1. The first-order valence-corrected chi connectivity index (χ1v) is 4.51. The van der Waals surface area contributed by atoms with Gasteiger partial charge < -0.3 is 5.32 Å². The quantitative estimate of drug-likeness (QED) is 0.830. The second-order valence-corrected chi connectivity index (χ2v) is 3.19. The molecule has 0 saturated carbocycles. The highest BCUT2D eigenvalue weighted by Crippen LogP contribution is 2.15. The number of hydrogen-bond donors (Lipinski definition) is 1. The van der Waals surface area contributed by atoms with Crippen molar-refractivity contribution in [3.05, 3.63) is 41.6 Å². The normalized spacial score (nSPS) is 12.4. The van der Waals surface area contributed by atoms with Gasteiger partial charge in [0.25, 0.3) is 0 Å². The fourth-order valence-electron chi connectivity index (χ4n) is 1.09. The van der Waals surface area contributed by atoms with Crippen molar-refractivity contribution < 1.29 is 18.0 Å². The van der Waals surface area contributed by atoms with Crippen LogP contribution >= 0.6 is 0 Å². The van der Waals surface area contributed by atoms with Crippen LogP contribution in [-0.4, -0.2) is 12.1 Å². The smallest absolute Gasteiger partial charge is 0.322 e. The predicted molar refractivity (Wildman–Crippen MR) is 54.3 cm³/mol. The Bertz CT molecular complexity index is 395. The van der Waals surface area contributed by atoms with Crippen LogP contribution in [0.4, 0.5) is 13.2 Å². The molecule has 0 aliphatic heterocycles. The van der Waals surface area contributed by atoms with E-state index in [1.807, 2.05) is 0 Å². The summed E-state index contributed by atoms with van der Waals surface area (Å²) < 4.78 is 35.7. The number of carbonyl (C=O) groups excluding carboxylic acids is 1. The molecule has 1 amide bonds. The van der Waals surface area contributed by atoms with E-state index in [4.69, 9.17) is 0 Å². The molecule has 16 heavy (non-hydrogen) atoms. The molecule has 1 aromatic carbocycles. The van der Waals surface area contributed by atoms with E-state index in [0.717, 1.165) is 5.56 Å². The van der Waals surface area contributed by atoms with Crippen LogP contribution < -0.4 is 5.32 Å². The van der Waals surface area contributed by atoms with Crippen molar-refractivity contribution in [3.8, 4) is 0 Å². The van der Waals surface area contributed by atoms with Gasteiger partial charge in [0.2, 0.25) is 0 Å². The van der Waals surface area contributed by atoms with Gasteiger partial charge in [-0.1, -0.05) is 30.3 Å². The minimum atomic E-state index is -4.86. The van der Waals surface area contributed by atoms with Crippen molar-refractivity contribution in [2.24, 2.45) is 0 Å². The van der Waals surface area contributed by atoms with E-state index in [-0.39, 0.29) is 5.70 Å². The molecule has 0 radical (unpaired) electrons. The minimum Gasteiger partial charge on any atom is -0.322 e. The number of allylic oxidation sites excluding steroid dienone is 1. The molecule has 2 nitrogen and oxygen atoms in total. The summed E-state index contributed by atoms with van der Waals surface area (Å²) in [6.07, 6.45) is -3.39. The molecule has 5 heteroatoms. The second-order valence-electron chi connectivity index (χ2n) is 3.19. The average molecular weight is 229 g/mol. The van der Waals surface area contributed by atoms with E-state index in [1.54, 1.807) is 35.6 Å². The Balaban J connectivity index is 2.70. The summed E-state index contributed by atoms with van der Waals surface area (Å²) in [5.41, 5.74) is 0.871. The van der Waals surface area contributed by atoms with E-state index in [1.165, 1.54) is 13.0 Å². The summed E-state index contributed by atoms with van der Waals surface area (Å²) in [4.78, 5) is 10.6. The molecule has 86 valence electrons. The van der Waals surface area contributed by atoms with Crippen LogP contribution in [0, 0.1) is 0 Å². The third kappa shape index (κ3) is 3.76. The van der Waals surface area contributed by atoms with Gasteiger partial charge >= 0.3 is 12.1 Å². The topological polar surface area (TPSA) is 29.1 Å². The zero-order valence-electron chi connectivity index (χ0n) is 8.51. The molecule has 0 bridgehead atoms. The number of hydrogen-bond acceptors (Lipinski definition) is 1. The summed E-state index contributed by atoms with van der Waals surface area (Å²) in [5.74, 6) is -1.96. The Morgan fingerprint density at radius 2 is 1.81 bits per heavy atom. The van der Waals surface area contributed by atoms with Gasteiger partial charge in [-0.2, -0.15) is 13.2 Å². The zero-order valence-corrected chi connectivity index (χ0v) is 8.51. The predicted octanol–water partition coefficient (Wildman–Crippen LogP) is 2.73. The summed E-state index contributed by atoms with van der Waals surface area (Å²) in [6, 6.07) is 8.75. The Hall–Kier alpha value is -1.78. The lowest BCUT2D eigenvalue weighted by atomic mass is 10.2. The molecule has 1 rings (SSSR count). The summed E-state index contributed by atoms with van der Waals surface area (Å²) in [6.45, 7) is 1.40. The number of alkyl halides is 3. The van der Waals surface area contributed by atoms with Crippen molar-refractivity contribution in [1.29, 1.82) is 0 Å². The van der Waals surface area contributed by atoms with Crippen molar-refractivity contribution in [2.75, 3.05) is 0 Å². The van der Waals surface area contributed by atoms with Crippen LogP contribution in [0.5, 0.6) is 0 Å². The molecule has 1 aromatic rings. The van der Waals surface area contributed by atoms with E-state index >= 15 is 0 Å².